The second-order valence-electron chi connectivity index (χ2n) is 8.24. The summed E-state index contributed by atoms with van der Waals surface area (Å²) in [7, 11) is 4.05. The molecule has 2 heterocycles. The van der Waals surface area contributed by atoms with Gasteiger partial charge in [0.05, 0.1) is 12.8 Å². The summed E-state index contributed by atoms with van der Waals surface area (Å²) in [5.41, 5.74) is 4.89. The largest absolute Gasteiger partial charge is 0.448 e. The summed E-state index contributed by atoms with van der Waals surface area (Å²) in [5, 5.41) is 0.948. The second-order valence-corrected chi connectivity index (χ2v) is 8.24. The monoisotopic (exact) mass is 415 g/mol. The van der Waals surface area contributed by atoms with Gasteiger partial charge in [0.25, 0.3) is 5.91 Å². The Bertz CT molecular complexity index is 1160. The molecule has 0 fully saturated rings. The molecule has 4 aromatic rings. The molecule has 5 heteroatoms. The fraction of sp³-hybridized carbons (Fsp3) is 0.269. The highest BCUT2D eigenvalue weighted by molar-refractivity contribution is 5.97. The van der Waals surface area contributed by atoms with Crippen LogP contribution in [-0.2, 0) is 13.1 Å². The van der Waals surface area contributed by atoms with Crippen molar-refractivity contribution in [1.29, 1.82) is 0 Å². The lowest BCUT2D eigenvalue weighted by atomic mass is 10.1. The van der Waals surface area contributed by atoms with Crippen LogP contribution in [0.15, 0.2) is 77.4 Å². The number of hydrogen-bond donors (Lipinski definition) is 0. The summed E-state index contributed by atoms with van der Waals surface area (Å²) in [4.78, 5) is 17.8. The molecule has 0 aliphatic rings. The smallest absolute Gasteiger partial charge is 0.270 e. The van der Waals surface area contributed by atoms with Gasteiger partial charge < -0.3 is 18.8 Å². The van der Waals surface area contributed by atoms with E-state index in [0.29, 0.717) is 25.3 Å². The Balaban J connectivity index is 1.70. The number of amides is 1. The zero-order valence-electron chi connectivity index (χ0n) is 18.4. The summed E-state index contributed by atoms with van der Waals surface area (Å²) >= 11 is 0. The number of fused-ring (bicyclic) bond motifs is 1. The van der Waals surface area contributed by atoms with Gasteiger partial charge in [-0.2, -0.15) is 0 Å². The summed E-state index contributed by atoms with van der Waals surface area (Å²) in [6.45, 7) is 4.71. The third-order valence-corrected chi connectivity index (χ3v) is 5.63. The first-order valence-corrected chi connectivity index (χ1v) is 10.6. The predicted molar refractivity (Wildman–Crippen MR) is 124 cm³/mol. The SMILES string of the molecule is Cc1ccccc1Cn1c(C(=O)N(CCN(C)C)Cc2ccccc2)cc2ccoc21. The van der Waals surface area contributed by atoms with Crippen LogP contribution in [0.5, 0.6) is 0 Å². The Morgan fingerprint density at radius 2 is 1.71 bits per heavy atom. The zero-order chi connectivity index (χ0) is 21.8. The molecule has 0 bridgehead atoms. The molecule has 2 aromatic heterocycles. The first kappa shape index (κ1) is 20.9. The molecule has 2 aromatic carbocycles. The van der Waals surface area contributed by atoms with Gasteiger partial charge in [0.1, 0.15) is 5.69 Å². The molecule has 0 saturated heterocycles. The maximum absolute atomic E-state index is 13.8. The van der Waals surface area contributed by atoms with Gasteiger partial charge in [-0.05, 0) is 49.8 Å². The van der Waals surface area contributed by atoms with E-state index in [0.717, 1.165) is 23.2 Å². The second kappa shape index (κ2) is 9.23. The van der Waals surface area contributed by atoms with Gasteiger partial charge in [0.15, 0.2) is 0 Å². The topological polar surface area (TPSA) is 41.6 Å². The molecule has 0 spiro atoms. The molecule has 0 atom stereocenters. The molecule has 0 N–H and O–H groups in total. The molecule has 0 saturated carbocycles. The predicted octanol–water partition coefficient (Wildman–Crippen LogP) is 4.80. The van der Waals surface area contributed by atoms with E-state index in [1.54, 1.807) is 6.26 Å². The Labute approximate surface area is 183 Å². The van der Waals surface area contributed by atoms with Crippen molar-refractivity contribution in [2.24, 2.45) is 0 Å². The molecule has 5 nitrogen and oxygen atoms in total. The number of furan rings is 1. The van der Waals surface area contributed by atoms with Crippen molar-refractivity contribution < 1.29 is 9.21 Å². The first-order valence-electron chi connectivity index (χ1n) is 10.6. The minimum absolute atomic E-state index is 0.0192. The minimum Gasteiger partial charge on any atom is -0.448 e. The molecular weight excluding hydrogens is 386 g/mol. The minimum atomic E-state index is 0.0192. The van der Waals surface area contributed by atoms with Gasteiger partial charge in [-0.3, -0.25) is 4.79 Å². The van der Waals surface area contributed by atoms with Crippen LogP contribution in [-0.4, -0.2) is 47.5 Å². The van der Waals surface area contributed by atoms with E-state index < -0.39 is 0 Å². The van der Waals surface area contributed by atoms with Crippen LogP contribution in [0.4, 0.5) is 0 Å². The highest BCUT2D eigenvalue weighted by Crippen LogP contribution is 2.25. The third kappa shape index (κ3) is 4.72. The van der Waals surface area contributed by atoms with E-state index in [1.807, 2.05) is 66.0 Å². The molecule has 31 heavy (non-hydrogen) atoms. The van der Waals surface area contributed by atoms with Crippen molar-refractivity contribution >= 4 is 17.0 Å². The summed E-state index contributed by atoms with van der Waals surface area (Å²) in [5.74, 6) is 0.0192. The standard InChI is InChI=1S/C26H29N3O2/c1-20-9-7-8-12-23(20)19-29-24(17-22-13-16-31-26(22)29)25(30)28(15-14-27(2)3)18-21-10-5-4-6-11-21/h4-13,16-17H,14-15,18-19H2,1-3H3. The van der Waals surface area contributed by atoms with Crippen LogP contribution < -0.4 is 0 Å². The van der Waals surface area contributed by atoms with Crippen molar-refractivity contribution in [1.82, 2.24) is 14.4 Å². The Kier molecular flexibility index (Phi) is 6.23. The molecule has 160 valence electrons. The molecule has 4 rings (SSSR count). The Hall–Kier alpha value is -3.31. The van der Waals surface area contributed by atoms with Gasteiger partial charge in [-0.25, -0.2) is 0 Å². The number of aryl methyl sites for hydroxylation is 1. The number of likely N-dealkylation sites (N-methyl/N-ethyl adjacent to an activating group) is 1. The first-order chi connectivity index (χ1) is 15.0. The van der Waals surface area contributed by atoms with Gasteiger partial charge in [0.2, 0.25) is 5.71 Å². The zero-order valence-corrected chi connectivity index (χ0v) is 18.4. The molecule has 1 amide bonds. The van der Waals surface area contributed by atoms with Crippen LogP contribution in [0.3, 0.4) is 0 Å². The molecule has 0 unspecified atom stereocenters. The van der Waals surface area contributed by atoms with Gasteiger partial charge in [-0.15, -0.1) is 0 Å². The molecule has 0 radical (unpaired) electrons. The lowest BCUT2D eigenvalue weighted by molar-refractivity contribution is 0.0721. The van der Waals surface area contributed by atoms with E-state index in [9.17, 15) is 4.79 Å². The fourth-order valence-electron chi connectivity index (χ4n) is 3.81. The lowest BCUT2D eigenvalue weighted by Crippen LogP contribution is -2.37. The average molecular weight is 416 g/mol. The van der Waals surface area contributed by atoms with E-state index in [1.165, 1.54) is 11.1 Å². The highest BCUT2D eigenvalue weighted by Gasteiger charge is 2.23. The van der Waals surface area contributed by atoms with Gasteiger partial charge in [-0.1, -0.05) is 54.6 Å². The maximum Gasteiger partial charge on any atom is 0.270 e. The number of rotatable bonds is 8. The summed E-state index contributed by atoms with van der Waals surface area (Å²) in [6.07, 6.45) is 1.68. The average Bonchev–Trinajstić information content (AvgIpc) is 3.35. The van der Waals surface area contributed by atoms with Crippen LogP contribution in [0.2, 0.25) is 0 Å². The number of carbonyl (C=O) groups excluding carboxylic acids is 1. The Morgan fingerprint density at radius 3 is 2.45 bits per heavy atom. The van der Waals surface area contributed by atoms with Gasteiger partial charge >= 0.3 is 0 Å². The van der Waals surface area contributed by atoms with E-state index in [-0.39, 0.29) is 5.91 Å². The van der Waals surface area contributed by atoms with E-state index in [4.69, 9.17) is 4.42 Å². The normalized spacial score (nSPS) is 11.4. The molecular formula is C26H29N3O2. The van der Waals surface area contributed by atoms with Crippen LogP contribution in [0, 0.1) is 6.92 Å². The number of benzene rings is 2. The highest BCUT2D eigenvalue weighted by atomic mass is 16.3. The summed E-state index contributed by atoms with van der Waals surface area (Å²) < 4.78 is 7.78. The van der Waals surface area contributed by atoms with E-state index in [2.05, 4.69) is 36.1 Å². The molecule has 0 aliphatic heterocycles. The third-order valence-electron chi connectivity index (χ3n) is 5.63. The number of hydrogen-bond acceptors (Lipinski definition) is 3. The van der Waals surface area contributed by atoms with Crippen molar-refractivity contribution in [3.8, 4) is 0 Å². The number of carbonyl (C=O) groups is 1. The number of nitrogens with zero attached hydrogens (tertiary/aromatic N) is 3. The van der Waals surface area contributed by atoms with Crippen molar-refractivity contribution in [2.75, 3.05) is 27.2 Å². The van der Waals surface area contributed by atoms with Crippen molar-refractivity contribution in [2.45, 2.75) is 20.0 Å². The Morgan fingerprint density at radius 1 is 0.968 bits per heavy atom. The van der Waals surface area contributed by atoms with Crippen LogP contribution >= 0.6 is 0 Å². The number of aromatic nitrogens is 1. The van der Waals surface area contributed by atoms with Crippen molar-refractivity contribution in [3.05, 3.63) is 95.4 Å². The maximum atomic E-state index is 13.8. The van der Waals surface area contributed by atoms with Crippen LogP contribution in [0.25, 0.3) is 11.1 Å². The molecule has 0 aliphatic carbocycles. The fourth-order valence-corrected chi connectivity index (χ4v) is 3.81. The van der Waals surface area contributed by atoms with Gasteiger partial charge in [0, 0.05) is 25.0 Å². The van der Waals surface area contributed by atoms with E-state index >= 15 is 0 Å². The summed E-state index contributed by atoms with van der Waals surface area (Å²) in [6, 6.07) is 22.3. The lowest BCUT2D eigenvalue weighted by Gasteiger charge is -2.25. The van der Waals surface area contributed by atoms with Crippen molar-refractivity contribution in [3.63, 3.8) is 0 Å². The quantitative estimate of drug-likeness (QED) is 0.415. The van der Waals surface area contributed by atoms with Crippen LogP contribution in [0.1, 0.15) is 27.2 Å².